The standard InChI is InChI=1S/C18H26N2O3/c1-11(2)13(4)19-18(22)14-9-17(21)20(10-14)15-8-12(3)6-7-16(15)23-5/h6-8,11,13-14H,9-10H2,1-5H3,(H,19,22)/t13-,14-/m1/s1. The van der Waals surface area contributed by atoms with Crippen LogP contribution >= 0.6 is 0 Å². The van der Waals surface area contributed by atoms with Crippen molar-refractivity contribution in [2.75, 3.05) is 18.6 Å². The molecule has 1 heterocycles. The fraction of sp³-hybridized carbons (Fsp3) is 0.556. The lowest BCUT2D eigenvalue weighted by Crippen LogP contribution is -2.40. The van der Waals surface area contributed by atoms with Crippen LogP contribution < -0.4 is 15.0 Å². The molecule has 2 rings (SSSR count). The van der Waals surface area contributed by atoms with Crippen LogP contribution in [0.25, 0.3) is 0 Å². The van der Waals surface area contributed by atoms with E-state index in [1.165, 1.54) is 0 Å². The molecule has 1 N–H and O–H groups in total. The molecule has 0 aliphatic carbocycles. The van der Waals surface area contributed by atoms with Gasteiger partial charge in [0, 0.05) is 19.0 Å². The first kappa shape index (κ1) is 17.3. The van der Waals surface area contributed by atoms with E-state index in [0.717, 1.165) is 11.3 Å². The Bertz CT molecular complexity index is 598. The van der Waals surface area contributed by atoms with Gasteiger partial charge in [0.1, 0.15) is 5.75 Å². The molecule has 5 heteroatoms. The lowest BCUT2D eigenvalue weighted by atomic mass is 10.0. The van der Waals surface area contributed by atoms with E-state index >= 15 is 0 Å². The Morgan fingerprint density at radius 3 is 2.65 bits per heavy atom. The summed E-state index contributed by atoms with van der Waals surface area (Å²) in [7, 11) is 1.59. The summed E-state index contributed by atoms with van der Waals surface area (Å²) in [6, 6.07) is 5.82. The Labute approximate surface area is 138 Å². The summed E-state index contributed by atoms with van der Waals surface area (Å²) in [6.45, 7) is 8.48. The minimum atomic E-state index is -0.311. The van der Waals surface area contributed by atoms with Crippen LogP contribution in [-0.2, 0) is 9.59 Å². The van der Waals surface area contributed by atoms with Gasteiger partial charge in [-0.2, -0.15) is 0 Å². The van der Waals surface area contributed by atoms with E-state index in [0.29, 0.717) is 18.2 Å². The molecule has 0 unspecified atom stereocenters. The van der Waals surface area contributed by atoms with Crippen molar-refractivity contribution in [3.8, 4) is 5.75 Å². The highest BCUT2D eigenvalue weighted by molar-refractivity contribution is 6.01. The molecule has 23 heavy (non-hydrogen) atoms. The molecule has 126 valence electrons. The number of methoxy groups -OCH3 is 1. The fourth-order valence-electron chi connectivity index (χ4n) is 2.64. The monoisotopic (exact) mass is 318 g/mol. The minimum Gasteiger partial charge on any atom is -0.495 e. The number of nitrogens with zero attached hydrogens (tertiary/aromatic N) is 1. The number of benzene rings is 1. The zero-order chi connectivity index (χ0) is 17.1. The van der Waals surface area contributed by atoms with E-state index in [2.05, 4.69) is 19.2 Å². The number of ether oxygens (including phenoxy) is 1. The molecule has 2 amide bonds. The number of amides is 2. The highest BCUT2D eigenvalue weighted by Crippen LogP contribution is 2.34. The van der Waals surface area contributed by atoms with Gasteiger partial charge in [-0.15, -0.1) is 0 Å². The number of rotatable bonds is 5. The van der Waals surface area contributed by atoms with Crippen molar-refractivity contribution in [1.29, 1.82) is 0 Å². The van der Waals surface area contributed by atoms with Crippen molar-refractivity contribution >= 4 is 17.5 Å². The third-order valence-electron chi connectivity index (χ3n) is 4.49. The topological polar surface area (TPSA) is 58.6 Å². The Morgan fingerprint density at radius 1 is 1.35 bits per heavy atom. The highest BCUT2D eigenvalue weighted by Gasteiger charge is 2.36. The first-order valence-corrected chi connectivity index (χ1v) is 8.08. The molecule has 1 aromatic rings. The quantitative estimate of drug-likeness (QED) is 0.907. The molecule has 0 saturated carbocycles. The first-order chi connectivity index (χ1) is 10.8. The van der Waals surface area contributed by atoms with Gasteiger partial charge in [-0.1, -0.05) is 19.9 Å². The molecule has 1 aromatic carbocycles. The smallest absolute Gasteiger partial charge is 0.227 e. The summed E-state index contributed by atoms with van der Waals surface area (Å²) in [5, 5.41) is 3.00. The summed E-state index contributed by atoms with van der Waals surface area (Å²) in [4.78, 5) is 26.4. The summed E-state index contributed by atoms with van der Waals surface area (Å²) < 4.78 is 5.36. The van der Waals surface area contributed by atoms with E-state index in [4.69, 9.17) is 4.74 Å². The lowest BCUT2D eigenvalue weighted by Gasteiger charge is -2.21. The highest BCUT2D eigenvalue weighted by atomic mass is 16.5. The third kappa shape index (κ3) is 3.84. The van der Waals surface area contributed by atoms with Crippen LogP contribution in [0.3, 0.4) is 0 Å². The molecule has 0 bridgehead atoms. The van der Waals surface area contributed by atoms with Gasteiger partial charge in [-0.05, 0) is 37.5 Å². The summed E-state index contributed by atoms with van der Waals surface area (Å²) in [5.74, 6) is 0.624. The molecular weight excluding hydrogens is 292 g/mol. The van der Waals surface area contributed by atoms with Crippen molar-refractivity contribution in [2.45, 2.75) is 40.2 Å². The van der Waals surface area contributed by atoms with Crippen molar-refractivity contribution in [2.24, 2.45) is 11.8 Å². The first-order valence-electron chi connectivity index (χ1n) is 8.08. The Morgan fingerprint density at radius 2 is 2.04 bits per heavy atom. The maximum Gasteiger partial charge on any atom is 0.227 e. The zero-order valence-electron chi connectivity index (χ0n) is 14.6. The molecule has 1 aliphatic heterocycles. The van der Waals surface area contributed by atoms with Gasteiger partial charge >= 0.3 is 0 Å². The Kier molecular flexibility index (Phi) is 5.29. The molecule has 1 saturated heterocycles. The molecule has 5 nitrogen and oxygen atoms in total. The van der Waals surface area contributed by atoms with Gasteiger partial charge in [0.15, 0.2) is 0 Å². The SMILES string of the molecule is COc1ccc(C)cc1N1C[C@H](C(=O)N[C@H](C)C(C)C)CC1=O. The number of carbonyl (C=O) groups is 2. The van der Waals surface area contributed by atoms with Crippen LogP contribution in [0.15, 0.2) is 18.2 Å². The Balaban J connectivity index is 2.14. The molecular formula is C18H26N2O3. The van der Waals surface area contributed by atoms with Crippen LogP contribution in [0.2, 0.25) is 0 Å². The number of carbonyl (C=O) groups excluding carboxylic acids is 2. The van der Waals surface area contributed by atoms with Gasteiger partial charge < -0.3 is 15.0 Å². The van der Waals surface area contributed by atoms with Crippen molar-refractivity contribution in [3.05, 3.63) is 23.8 Å². The molecule has 1 fully saturated rings. The summed E-state index contributed by atoms with van der Waals surface area (Å²) in [5.41, 5.74) is 1.79. The van der Waals surface area contributed by atoms with Crippen LogP contribution in [-0.4, -0.2) is 31.5 Å². The van der Waals surface area contributed by atoms with E-state index < -0.39 is 0 Å². The van der Waals surface area contributed by atoms with Gasteiger partial charge in [0.2, 0.25) is 11.8 Å². The maximum atomic E-state index is 12.4. The number of aryl methyl sites for hydroxylation is 1. The van der Waals surface area contributed by atoms with E-state index in [-0.39, 0.29) is 30.2 Å². The Hall–Kier alpha value is -2.04. The average molecular weight is 318 g/mol. The molecule has 0 spiro atoms. The van der Waals surface area contributed by atoms with Gasteiger partial charge in [-0.3, -0.25) is 9.59 Å². The third-order valence-corrected chi connectivity index (χ3v) is 4.49. The number of nitrogens with one attached hydrogen (secondary N) is 1. The molecule has 0 radical (unpaired) electrons. The normalized spacial score (nSPS) is 19.1. The van der Waals surface area contributed by atoms with Crippen LogP contribution in [0, 0.1) is 18.8 Å². The molecule has 1 aliphatic rings. The number of hydrogen-bond donors (Lipinski definition) is 1. The average Bonchev–Trinajstić information content (AvgIpc) is 2.89. The van der Waals surface area contributed by atoms with Crippen molar-refractivity contribution in [3.63, 3.8) is 0 Å². The van der Waals surface area contributed by atoms with Gasteiger partial charge in [0.25, 0.3) is 0 Å². The molecule has 0 aromatic heterocycles. The minimum absolute atomic E-state index is 0.0359. The summed E-state index contributed by atoms with van der Waals surface area (Å²) in [6.07, 6.45) is 0.244. The van der Waals surface area contributed by atoms with Gasteiger partial charge in [0.05, 0.1) is 18.7 Å². The van der Waals surface area contributed by atoms with Crippen molar-refractivity contribution < 1.29 is 14.3 Å². The van der Waals surface area contributed by atoms with Crippen LogP contribution in [0.5, 0.6) is 5.75 Å². The zero-order valence-corrected chi connectivity index (χ0v) is 14.6. The lowest BCUT2D eigenvalue weighted by molar-refractivity contribution is -0.127. The second-order valence-electron chi connectivity index (χ2n) is 6.62. The van der Waals surface area contributed by atoms with Crippen LogP contribution in [0.4, 0.5) is 5.69 Å². The maximum absolute atomic E-state index is 12.4. The summed E-state index contributed by atoms with van der Waals surface area (Å²) >= 11 is 0. The van der Waals surface area contributed by atoms with E-state index in [1.54, 1.807) is 12.0 Å². The van der Waals surface area contributed by atoms with Gasteiger partial charge in [-0.25, -0.2) is 0 Å². The van der Waals surface area contributed by atoms with Crippen molar-refractivity contribution in [1.82, 2.24) is 5.32 Å². The van der Waals surface area contributed by atoms with E-state index in [9.17, 15) is 9.59 Å². The van der Waals surface area contributed by atoms with E-state index in [1.807, 2.05) is 32.0 Å². The predicted octanol–water partition coefficient (Wildman–Crippen LogP) is 2.52. The van der Waals surface area contributed by atoms with Crippen LogP contribution in [0.1, 0.15) is 32.8 Å². The second kappa shape index (κ2) is 7.02. The number of hydrogen-bond acceptors (Lipinski definition) is 3. The fourth-order valence-corrected chi connectivity index (χ4v) is 2.64. The number of anilines is 1. The predicted molar refractivity (Wildman–Crippen MR) is 90.6 cm³/mol. The molecule has 2 atom stereocenters. The second-order valence-corrected chi connectivity index (χ2v) is 6.62. The largest absolute Gasteiger partial charge is 0.495 e.